The number of likely N-dealkylation sites (tertiary alicyclic amines) is 1. The van der Waals surface area contributed by atoms with Gasteiger partial charge in [0.15, 0.2) is 0 Å². The Morgan fingerprint density at radius 1 is 1.52 bits per heavy atom. The normalized spacial score (nSPS) is 19.6. The van der Waals surface area contributed by atoms with Crippen LogP contribution < -0.4 is 5.73 Å². The Labute approximate surface area is 125 Å². The van der Waals surface area contributed by atoms with Gasteiger partial charge in [0.1, 0.15) is 5.60 Å². The molecule has 0 spiro atoms. The second kappa shape index (κ2) is 6.43. The fraction of sp³-hybridized carbons (Fsp3) is 0.786. The topological polar surface area (TPSA) is 86.3 Å². The minimum absolute atomic E-state index is 0.228. The van der Waals surface area contributed by atoms with Gasteiger partial charge in [0, 0.05) is 32.4 Å². The lowest BCUT2D eigenvalue weighted by Crippen LogP contribution is -2.43. The van der Waals surface area contributed by atoms with Crippen LogP contribution in [0.25, 0.3) is 0 Å². The first-order valence-corrected chi connectivity index (χ1v) is 7.44. The summed E-state index contributed by atoms with van der Waals surface area (Å²) in [5.74, 6) is 0.374. The van der Waals surface area contributed by atoms with Crippen LogP contribution in [0.3, 0.4) is 0 Å². The predicted molar refractivity (Wildman–Crippen MR) is 78.4 cm³/mol. The van der Waals surface area contributed by atoms with Crippen molar-refractivity contribution in [1.82, 2.24) is 19.9 Å². The number of piperidine rings is 1. The smallest absolute Gasteiger partial charge is 0.410 e. The number of amides is 1. The number of carbonyl (C=O) groups is 1. The van der Waals surface area contributed by atoms with Crippen molar-refractivity contribution in [1.29, 1.82) is 0 Å². The molecule has 2 heterocycles. The summed E-state index contributed by atoms with van der Waals surface area (Å²) >= 11 is 0. The van der Waals surface area contributed by atoms with Crippen molar-refractivity contribution < 1.29 is 9.53 Å². The van der Waals surface area contributed by atoms with Crippen molar-refractivity contribution in [2.45, 2.75) is 52.3 Å². The Morgan fingerprint density at radius 3 is 2.90 bits per heavy atom. The molecule has 2 N–H and O–H groups in total. The molecule has 1 fully saturated rings. The van der Waals surface area contributed by atoms with E-state index >= 15 is 0 Å². The summed E-state index contributed by atoms with van der Waals surface area (Å²) in [4.78, 5) is 13.9. The minimum atomic E-state index is -0.452. The first-order chi connectivity index (χ1) is 9.87. The number of nitrogens with two attached hydrogens (primary N) is 1. The minimum Gasteiger partial charge on any atom is -0.444 e. The summed E-state index contributed by atoms with van der Waals surface area (Å²) in [5.41, 5.74) is 5.87. The molecule has 0 aliphatic carbocycles. The van der Waals surface area contributed by atoms with E-state index in [-0.39, 0.29) is 6.09 Å². The van der Waals surface area contributed by atoms with Crippen LogP contribution in [0.15, 0.2) is 6.20 Å². The SMILES string of the molecule is CC(C)(C)OC(=O)N1CCCC(Cn2cc(CN)nn2)C1. The maximum Gasteiger partial charge on any atom is 0.410 e. The van der Waals surface area contributed by atoms with Crippen molar-refractivity contribution in [3.63, 3.8) is 0 Å². The van der Waals surface area contributed by atoms with Crippen LogP contribution in [0.4, 0.5) is 4.79 Å². The summed E-state index contributed by atoms with van der Waals surface area (Å²) in [6, 6.07) is 0. The van der Waals surface area contributed by atoms with Crippen molar-refractivity contribution in [2.24, 2.45) is 11.7 Å². The predicted octanol–water partition coefficient (Wildman–Crippen LogP) is 1.38. The second-order valence-corrected chi connectivity index (χ2v) is 6.57. The lowest BCUT2D eigenvalue weighted by Gasteiger charge is -2.34. The zero-order valence-electron chi connectivity index (χ0n) is 13.1. The molecule has 1 unspecified atom stereocenters. The van der Waals surface area contributed by atoms with E-state index < -0.39 is 5.60 Å². The first-order valence-electron chi connectivity index (χ1n) is 7.44. The molecular formula is C14H25N5O2. The summed E-state index contributed by atoms with van der Waals surface area (Å²) < 4.78 is 7.24. The van der Waals surface area contributed by atoms with E-state index in [9.17, 15) is 4.79 Å². The molecule has 1 aromatic heterocycles. The van der Waals surface area contributed by atoms with E-state index in [1.54, 1.807) is 4.90 Å². The van der Waals surface area contributed by atoms with E-state index in [1.165, 1.54) is 0 Å². The quantitative estimate of drug-likeness (QED) is 0.910. The Kier molecular flexibility index (Phi) is 4.82. The van der Waals surface area contributed by atoms with Gasteiger partial charge < -0.3 is 15.4 Å². The average Bonchev–Trinajstić information content (AvgIpc) is 2.85. The molecule has 0 saturated carbocycles. The van der Waals surface area contributed by atoms with E-state index in [4.69, 9.17) is 10.5 Å². The van der Waals surface area contributed by atoms with Crippen LogP contribution in [0.1, 0.15) is 39.3 Å². The molecule has 7 nitrogen and oxygen atoms in total. The van der Waals surface area contributed by atoms with E-state index in [1.807, 2.05) is 31.6 Å². The molecule has 1 saturated heterocycles. The van der Waals surface area contributed by atoms with Crippen LogP contribution in [0.5, 0.6) is 0 Å². The first kappa shape index (κ1) is 15.8. The molecule has 1 aliphatic rings. The zero-order chi connectivity index (χ0) is 15.5. The molecule has 118 valence electrons. The van der Waals surface area contributed by atoms with Crippen LogP contribution in [0.2, 0.25) is 0 Å². The lowest BCUT2D eigenvalue weighted by molar-refractivity contribution is 0.0155. The Bertz CT molecular complexity index is 480. The molecule has 0 bridgehead atoms. The van der Waals surface area contributed by atoms with E-state index in [0.29, 0.717) is 19.0 Å². The van der Waals surface area contributed by atoms with Gasteiger partial charge in [-0.15, -0.1) is 5.10 Å². The number of nitrogens with zero attached hydrogens (tertiary/aromatic N) is 4. The van der Waals surface area contributed by atoms with Gasteiger partial charge in [0.05, 0.1) is 5.69 Å². The fourth-order valence-electron chi connectivity index (χ4n) is 2.49. The van der Waals surface area contributed by atoms with Crippen LogP contribution in [0, 0.1) is 5.92 Å². The van der Waals surface area contributed by atoms with Gasteiger partial charge in [-0.05, 0) is 39.5 Å². The Hall–Kier alpha value is -1.63. The highest BCUT2D eigenvalue weighted by molar-refractivity contribution is 5.68. The van der Waals surface area contributed by atoms with Gasteiger partial charge in [-0.3, -0.25) is 4.68 Å². The third kappa shape index (κ3) is 4.70. The highest BCUT2D eigenvalue weighted by atomic mass is 16.6. The van der Waals surface area contributed by atoms with Gasteiger partial charge in [-0.1, -0.05) is 5.21 Å². The number of rotatable bonds is 3. The van der Waals surface area contributed by atoms with Crippen molar-refractivity contribution in [2.75, 3.05) is 13.1 Å². The number of aromatic nitrogens is 3. The zero-order valence-corrected chi connectivity index (χ0v) is 13.1. The molecule has 1 aromatic rings. The summed E-state index contributed by atoms with van der Waals surface area (Å²) in [6.45, 7) is 8.27. The molecule has 21 heavy (non-hydrogen) atoms. The van der Waals surface area contributed by atoms with Gasteiger partial charge in [-0.25, -0.2) is 4.79 Å². The number of ether oxygens (including phenoxy) is 1. The largest absolute Gasteiger partial charge is 0.444 e. The van der Waals surface area contributed by atoms with Crippen molar-refractivity contribution in [3.8, 4) is 0 Å². The molecule has 7 heteroatoms. The second-order valence-electron chi connectivity index (χ2n) is 6.57. The highest BCUT2D eigenvalue weighted by Gasteiger charge is 2.27. The fourth-order valence-corrected chi connectivity index (χ4v) is 2.49. The number of hydrogen-bond donors (Lipinski definition) is 1. The number of hydrogen-bond acceptors (Lipinski definition) is 5. The van der Waals surface area contributed by atoms with Crippen LogP contribution in [-0.4, -0.2) is 44.7 Å². The molecule has 2 rings (SSSR count). The maximum atomic E-state index is 12.1. The number of carbonyl (C=O) groups excluding carboxylic acids is 1. The standard InChI is InChI=1S/C14H25N5O2/c1-14(2,3)21-13(20)18-6-4-5-11(8-18)9-19-10-12(7-15)16-17-19/h10-11H,4-9,15H2,1-3H3. The maximum absolute atomic E-state index is 12.1. The van der Waals surface area contributed by atoms with Crippen molar-refractivity contribution in [3.05, 3.63) is 11.9 Å². The summed E-state index contributed by atoms with van der Waals surface area (Å²) in [5, 5.41) is 8.05. The summed E-state index contributed by atoms with van der Waals surface area (Å²) in [7, 11) is 0. The highest BCUT2D eigenvalue weighted by Crippen LogP contribution is 2.20. The third-order valence-corrected chi connectivity index (χ3v) is 3.41. The Balaban J connectivity index is 1.89. The van der Waals surface area contributed by atoms with Crippen LogP contribution in [-0.2, 0) is 17.8 Å². The molecule has 1 amide bonds. The van der Waals surface area contributed by atoms with Crippen molar-refractivity contribution >= 4 is 6.09 Å². The van der Waals surface area contributed by atoms with E-state index in [2.05, 4.69) is 10.3 Å². The molecule has 1 aliphatic heterocycles. The van der Waals surface area contributed by atoms with Gasteiger partial charge in [0.2, 0.25) is 0 Å². The summed E-state index contributed by atoms with van der Waals surface area (Å²) in [6.07, 6.45) is 3.71. The van der Waals surface area contributed by atoms with Crippen LogP contribution >= 0.6 is 0 Å². The van der Waals surface area contributed by atoms with Gasteiger partial charge in [-0.2, -0.15) is 0 Å². The average molecular weight is 295 g/mol. The molecular weight excluding hydrogens is 270 g/mol. The van der Waals surface area contributed by atoms with Gasteiger partial charge >= 0.3 is 6.09 Å². The molecule has 1 atom stereocenters. The van der Waals surface area contributed by atoms with E-state index in [0.717, 1.165) is 31.6 Å². The molecule has 0 radical (unpaired) electrons. The van der Waals surface area contributed by atoms with Gasteiger partial charge in [0.25, 0.3) is 0 Å². The lowest BCUT2D eigenvalue weighted by atomic mass is 9.98. The Morgan fingerprint density at radius 2 is 2.29 bits per heavy atom. The third-order valence-electron chi connectivity index (χ3n) is 3.41. The molecule has 0 aromatic carbocycles. The monoisotopic (exact) mass is 295 g/mol.